The Morgan fingerprint density at radius 2 is 1.75 bits per heavy atom. The lowest BCUT2D eigenvalue weighted by Gasteiger charge is -2.11. The lowest BCUT2D eigenvalue weighted by atomic mass is 10.1. The SMILES string of the molecule is Cl.Cl.NC1(c2cccc(C(F)(F)F)n2)CC1. The highest BCUT2D eigenvalue weighted by molar-refractivity contribution is 5.85. The predicted octanol–water partition coefficient (Wildman–Crippen LogP) is 2.89. The van der Waals surface area contributed by atoms with Crippen molar-refractivity contribution < 1.29 is 13.2 Å². The van der Waals surface area contributed by atoms with Crippen LogP contribution < -0.4 is 5.73 Å². The van der Waals surface area contributed by atoms with Crippen LogP contribution in [0, 0.1) is 0 Å². The standard InChI is InChI=1S/C9H9F3N2.2ClH/c10-9(11,12)7-3-1-2-6(14-7)8(13)4-5-8;;/h1-3H,4-5,13H2;2*1H. The molecule has 0 unspecified atom stereocenters. The van der Waals surface area contributed by atoms with Crippen molar-refractivity contribution in [3.63, 3.8) is 0 Å². The topological polar surface area (TPSA) is 38.9 Å². The molecule has 0 amide bonds. The summed E-state index contributed by atoms with van der Waals surface area (Å²) in [5.41, 5.74) is 4.61. The van der Waals surface area contributed by atoms with Crippen LogP contribution in [0.15, 0.2) is 18.2 Å². The fraction of sp³-hybridized carbons (Fsp3) is 0.444. The smallest absolute Gasteiger partial charge is 0.320 e. The predicted molar refractivity (Wildman–Crippen MR) is 58.8 cm³/mol. The van der Waals surface area contributed by atoms with Gasteiger partial charge in [-0.05, 0) is 25.0 Å². The van der Waals surface area contributed by atoms with Gasteiger partial charge in [-0.15, -0.1) is 24.8 Å². The fourth-order valence-corrected chi connectivity index (χ4v) is 1.26. The van der Waals surface area contributed by atoms with Crippen LogP contribution in [0.1, 0.15) is 24.2 Å². The molecule has 0 radical (unpaired) electrons. The molecule has 1 aromatic rings. The summed E-state index contributed by atoms with van der Waals surface area (Å²) >= 11 is 0. The Hall–Kier alpha value is -0.520. The third kappa shape index (κ3) is 2.99. The summed E-state index contributed by atoms with van der Waals surface area (Å²) in [6, 6.07) is 3.84. The molecule has 0 aliphatic heterocycles. The van der Waals surface area contributed by atoms with Crippen molar-refractivity contribution >= 4 is 24.8 Å². The lowest BCUT2D eigenvalue weighted by molar-refractivity contribution is -0.141. The quantitative estimate of drug-likeness (QED) is 0.855. The van der Waals surface area contributed by atoms with E-state index in [1.54, 1.807) is 6.07 Å². The number of alkyl halides is 3. The largest absolute Gasteiger partial charge is 0.433 e. The first-order valence-corrected chi connectivity index (χ1v) is 4.25. The number of nitrogens with two attached hydrogens (primary N) is 1. The van der Waals surface area contributed by atoms with Gasteiger partial charge in [0.2, 0.25) is 0 Å². The molecule has 0 saturated heterocycles. The molecule has 0 atom stereocenters. The zero-order valence-electron chi connectivity index (χ0n) is 8.12. The molecule has 1 heterocycles. The van der Waals surface area contributed by atoms with Crippen LogP contribution in [0.5, 0.6) is 0 Å². The Morgan fingerprint density at radius 1 is 1.19 bits per heavy atom. The minimum Gasteiger partial charge on any atom is -0.320 e. The summed E-state index contributed by atoms with van der Waals surface area (Å²) in [5, 5.41) is 0. The van der Waals surface area contributed by atoms with E-state index in [4.69, 9.17) is 5.73 Å². The van der Waals surface area contributed by atoms with Gasteiger partial charge in [0, 0.05) is 0 Å². The molecule has 0 bridgehead atoms. The second-order valence-electron chi connectivity index (χ2n) is 3.56. The van der Waals surface area contributed by atoms with Gasteiger partial charge in [-0.25, -0.2) is 4.98 Å². The highest BCUT2D eigenvalue weighted by Crippen LogP contribution is 2.42. The van der Waals surface area contributed by atoms with E-state index in [0.717, 1.165) is 6.07 Å². The van der Waals surface area contributed by atoms with Crippen molar-refractivity contribution in [2.45, 2.75) is 24.6 Å². The third-order valence-electron chi connectivity index (χ3n) is 2.34. The van der Waals surface area contributed by atoms with Crippen LogP contribution in [0.4, 0.5) is 13.2 Å². The maximum absolute atomic E-state index is 12.3. The molecule has 0 spiro atoms. The van der Waals surface area contributed by atoms with Crippen LogP contribution in [0.2, 0.25) is 0 Å². The monoisotopic (exact) mass is 274 g/mol. The van der Waals surface area contributed by atoms with Gasteiger partial charge in [0.15, 0.2) is 0 Å². The second kappa shape index (κ2) is 4.77. The molecule has 1 saturated carbocycles. The van der Waals surface area contributed by atoms with Gasteiger partial charge in [-0.2, -0.15) is 13.2 Å². The minimum absolute atomic E-state index is 0. The van der Waals surface area contributed by atoms with Crippen molar-refractivity contribution in [1.29, 1.82) is 0 Å². The Balaban J connectivity index is 0.00000112. The molecular weight excluding hydrogens is 264 g/mol. The van der Waals surface area contributed by atoms with Gasteiger partial charge >= 0.3 is 6.18 Å². The molecule has 92 valence electrons. The van der Waals surface area contributed by atoms with Gasteiger partial charge in [0.1, 0.15) is 5.69 Å². The van der Waals surface area contributed by atoms with E-state index >= 15 is 0 Å². The number of aromatic nitrogens is 1. The van der Waals surface area contributed by atoms with Crippen molar-refractivity contribution in [3.05, 3.63) is 29.6 Å². The van der Waals surface area contributed by atoms with Crippen molar-refractivity contribution in [2.75, 3.05) is 0 Å². The average Bonchev–Trinajstić information content (AvgIpc) is 2.84. The van der Waals surface area contributed by atoms with Crippen molar-refractivity contribution in [2.24, 2.45) is 5.73 Å². The van der Waals surface area contributed by atoms with Gasteiger partial charge in [0.25, 0.3) is 0 Å². The van der Waals surface area contributed by atoms with E-state index in [9.17, 15) is 13.2 Å². The lowest BCUT2D eigenvalue weighted by Crippen LogP contribution is -2.22. The van der Waals surface area contributed by atoms with E-state index in [1.807, 2.05) is 0 Å². The third-order valence-corrected chi connectivity index (χ3v) is 2.34. The van der Waals surface area contributed by atoms with Gasteiger partial charge in [0.05, 0.1) is 11.2 Å². The van der Waals surface area contributed by atoms with E-state index in [-0.39, 0.29) is 24.8 Å². The molecule has 16 heavy (non-hydrogen) atoms. The number of rotatable bonds is 1. The highest BCUT2D eigenvalue weighted by atomic mass is 35.5. The average molecular weight is 275 g/mol. The molecule has 0 aromatic carbocycles. The number of halogens is 5. The summed E-state index contributed by atoms with van der Waals surface area (Å²) in [5.74, 6) is 0. The highest BCUT2D eigenvalue weighted by Gasteiger charge is 2.43. The number of hydrogen-bond acceptors (Lipinski definition) is 2. The molecule has 7 heteroatoms. The van der Waals surface area contributed by atoms with Crippen molar-refractivity contribution in [3.8, 4) is 0 Å². The summed E-state index contributed by atoms with van der Waals surface area (Å²) in [4.78, 5) is 3.53. The Morgan fingerprint density at radius 3 is 2.19 bits per heavy atom. The van der Waals surface area contributed by atoms with Crippen LogP contribution in [0.25, 0.3) is 0 Å². The molecule has 1 aliphatic rings. The first kappa shape index (κ1) is 15.5. The summed E-state index contributed by atoms with van der Waals surface area (Å²) in [6.07, 6.45) is -2.97. The summed E-state index contributed by atoms with van der Waals surface area (Å²) in [6.45, 7) is 0. The van der Waals surface area contributed by atoms with E-state index in [0.29, 0.717) is 18.5 Å². The molecule has 1 fully saturated rings. The first-order chi connectivity index (χ1) is 6.42. The minimum atomic E-state index is -4.39. The van der Waals surface area contributed by atoms with E-state index in [1.165, 1.54) is 6.07 Å². The maximum atomic E-state index is 12.3. The molecular formula is C9H11Cl2F3N2. The number of pyridine rings is 1. The van der Waals surface area contributed by atoms with Gasteiger partial charge in [-0.1, -0.05) is 6.07 Å². The Bertz CT molecular complexity index is 344. The Labute approximate surface area is 103 Å². The number of nitrogens with zero attached hydrogens (tertiary/aromatic N) is 1. The molecule has 2 nitrogen and oxygen atoms in total. The molecule has 2 rings (SSSR count). The van der Waals surface area contributed by atoms with Crippen LogP contribution in [0.3, 0.4) is 0 Å². The number of hydrogen-bond donors (Lipinski definition) is 1. The second-order valence-corrected chi connectivity index (χ2v) is 3.56. The van der Waals surface area contributed by atoms with Crippen LogP contribution >= 0.6 is 24.8 Å². The maximum Gasteiger partial charge on any atom is 0.433 e. The molecule has 1 aliphatic carbocycles. The normalized spacial score (nSPS) is 17.0. The zero-order valence-corrected chi connectivity index (χ0v) is 9.75. The zero-order chi connectivity index (χ0) is 10.4. The Kier molecular flexibility index (Phi) is 4.62. The van der Waals surface area contributed by atoms with Crippen LogP contribution in [-0.2, 0) is 11.7 Å². The van der Waals surface area contributed by atoms with Gasteiger partial charge in [-0.3, -0.25) is 0 Å². The fourth-order valence-electron chi connectivity index (χ4n) is 1.26. The molecule has 1 aromatic heterocycles. The summed E-state index contributed by atoms with van der Waals surface area (Å²) < 4.78 is 36.8. The van der Waals surface area contributed by atoms with E-state index < -0.39 is 17.4 Å². The van der Waals surface area contributed by atoms with E-state index in [2.05, 4.69) is 4.98 Å². The first-order valence-electron chi connectivity index (χ1n) is 4.25. The van der Waals surface area contributed by atoms with Gasteiger partial charge < -0.3 is 5.73 Å². The van der Waals surface area contributed by atoms with Crippen LogP contribution in [-0.4, -0.2) is 4.98 Å². The molecule has 2 N–H and O–H groups in total. The summed E-state index contributed by atoms with van der Waals surface area (Å²) in [7, 11) is 0. The van der Waals surface area contributed by atoms with Crippen molar-refractivity contribution in [1.82, 2.24) is 4.98 Å².